The van der Waals surface area contributed by atoms with E-state index < -0.39 is 8.32 Å². The molecular weight excluding hydrogens is 278 g/mol. The SMILES string of the molecule is CC(C)(C)[Si](C)(C)O[C@H]1C=C(c2cnc(N)cn2)CCC1. The summed E-state index contributed by atoms with van der Waals surface area (Å²) in [5, 5.41) is 0.236. The van der Waals surface area contributed by atoms with Crippen molar-refractivity contribution in [2.24, 2.45) is 0 Å². The minimum absolute atomic E-state index is 0.203. The van der Waals surface area contributed by atoms with Gasteiger partial charge in [-0.2, -0.15) is 0 Å². The fraction of sp³-hybridized carbons (Fsp3) is 0.625. The van der Waals surface area contributed by atoms with Gasteiger partial charge in [0.1, 0.15) is 5.82 Å². The molecule has 116 valence electrons. The van der Waals surface area contributed by atoms with Gasteiger partial charge in [-0.1, -0.05) is 26.8 Å². The van der Waals surface area contributed by atoms with Crippen LogP contribution in [0.15, 0.2) is 18.5 Å². The van der Waals surface area contributed by atoms with Gasteiger partial charge in [-0.25, -0.2) is 4.98 Å². The predicted molar refractivity (Wildman–Crippen MR) is 90.3 cm³/mol. The van der Waals surface area contributed by atoms with E-state index in [4.69, 9.17) is 10.2 Å². The summed E-state index contributed by atoms with van der Waals surface area (Å²) in [5.74, 6) is 0.462. The zero-order chi connectivity index (χ0) is 15.7. The highest BCUT2D eigenvalue weighted by Gasteiger charge is 2.39. The van der Waals surface area contributed by atoms with Crippen molar-refractivity contribution in [2.75, 3.05) is 5.73 Å². The third-order valence-corrected chi connectivity index (χ3v) is 9.08. The molecule has 0 radical (unpaired) electrons. The zero-order valence-corrected chi connectivity index (χ0v) is 14.8. The molecule has 1 aliphatic carbocycles. The molecule has 1 heterocycles. The van der Waals surface area contributed by atoms with E-state index in [9.17, 15) is 0 Å². The quantitative estimate of drug-likeness (QED) is 0.857. The van der Waals surface area contributed by atoms with Gasteiger partial charge >= 0.3 is 0 Å². The van der Waals surface area contributed by atoms with Gasteiger partial charge in [0.15, 0.2) is 8.32 Å². The molecule has 0 saturated heterocycles. The molecule has 5 heteroatoms. The molecule has 2 N–H and O–H groups in total. The minimum Gasteiger partial charge on any atom is -0.411 e. The summed E-state index contributed by atoms with van der Waals surface area (Å²) in [7, 11) is -1.73. The monoisotopic (exact) mass is 305 g/mol. The van der Waals surface area contributed by atoms with Crippen LogP contribution in [0.1, 0.15) is 45.7 Å². The highest BCUT2D eigenvalue weighted by atomic mass is 28.4. The van der Waals surface area contributed by atoms with Crippen molar-refractivity contribution in [3.8, 4) is 0 Å². The molecule has 0 aromatic carbocycles. The number of hydrogen-bond acceptors (Lipinski definition) is 4. The van der Waals surface area contributed by atoms with Crippen LogP contribution in [0.5, 0.6) is 0 Å². The number of nitrogens with zero attached hydrogens (tertiary/aromatic N) is 2. The molecule has 4 nitrogen and oxygen atoms in total. The molecular formula is C16H27N3OSi. The molecule has 1 aromatic heterocycles. The summed E-state index contributed by atoms with van der Waals surface area (Å²) in [5.41, 5.74) is 7.76. The van der Waals surface area contributed by atoms with Gasteiger partial charge in [-0.05, 0) is 43.0 Å². The first-order chi connectivity index (χ1) is 9.69. The lowest BCUT2D eigenvalue weighted by molar-refractivity contribution is 0.209. The zero-order valence-electron chi connectivity index (χ0n) is 13.8. The van der Waals surface area contributed by atoms with Crippen LogP contribution in [0.3, 0.4) is 0 Å². The predicted octanol–water partition coefficient (Wildman–Crippen LogP) is 4.02. The van der Waals surface area contributed by atoms with Crippen LogP contribution >= 0.6 is 0 Å². The van der Waals surface area contributed by atoms with Crippen molar-refractivity contribution in [3.05, 3.63) is 24.2 Å². The van der Waals surface area contributed by atoms with Gasteiger partial charge in [0.25, 0.3) is 0 Å². The number of nitrogen functional groups attached to an aromatic ring is 1. The Kier molecular flexibility index (Phi) is 4.53. The Bertz CT molecular complexity index is 517. The van der Waals surface area contributed by atoms with Crippen molar-refractivity contribution in [1.82, 2.24) is 9.97 Å². The summed E-state index contributed by atoms with van der Waals surface area (Å²) in [6.45, 7) is 11.4. The van der Waals surface area contributed by atoms with E-state index in [1.165, 1.54) is 5.57 Å². The highest BCUT2D eigenvalue weighted by Crippen LogP contribution is 2.39. The topological polar surface area (TPSA) is 61.0 Å². The van der Waals surface area contributed by atoms with Gasteiger partial charge in [0.05, 0.1) is 24.2 Å². The van der Waals surface area contributed by atoms with Crippen molar-refractivity contribution in [1.29, 1.82) is 0 Å². The maximum Gasteiger partial charge on any atom is 0.192 e. The number of rotatable bonds is 3. The van der Waals surface area contributed by atoms with E-state index >= 15 is 0 Å². The smallest absolute Gasteiger partial charge is 0.192 e. The molecule has 21 heavy (non-hydrogen) atoms. The molecule has 0 spiro atoms. The Balaban J connectivity index is 2.16. The first kappa shape index (κ1) is 16.2. The van der Waals surface area contributed by atoms with Gasteiger partial charge in [0.2, 0.25) is 0 Å². The Morgan fingerprint density at radius 3 is 2.52 bits per heavy atom. The summed E-state index contributed by atoms with van der Waals surface area (Å²) >= 11 is 0. The number of hydrogen-bond donors (Lipinski definition) is 1. The van der Waals surface area contributed by atoms with Crippen LogP contribution in [-0.4, -0.2) is 24.4 Å². The van der Waals surface area contributed by atoms with Gasteiger partial charge in [-0.15, -0.1) is 0 Å². The molecule has 1 aromatic rings. The minimum atomic E-state index is -1.73. The van der Waals surface area contributed by atoms with E-state index in [0.717, 1.165) is 25.0 Å². The number of allylic oxidation sites excluding steroid dienone is 1. The lowest BCUT2D eigenvalue weighted by atomic mass is 9.95. The molecule has 0 amide bonds. The molecule has 0 aliphatic heterocycles. The molecule has 0 fully saturated rings. The maximum absolute atomic E-state index is 6.51. The average Bonchev–Trinajstić information content (AvgIpc) is 2.38. The Labute approximate surface area is 129 Å². The number of anilines is 1. The van der Waals surface area contributed by atoms with E-state index in [1.807, 2.05) is 0 Å². The fourth-order valence-corrected chi connectivity index (χ4v) is 3.55. The van der Waals surface area contributed by atoms with E-state index in [0.29, 0.717) is 5.82 Å². The second-order valence-electron chi connectivity index (χ2n) is 7.33. The van der Waals surface area contributed by atoms with Crippen molar-refractivity contribution in [3.63, 3.8) is 0 Å². The first-order valence-corrected chi connectivity index (χ1v) is 10.6. The molecule has 2 rings (SSSR count). The Morgan fingerprint density at radius 1 is 1.24 bits per heavy atom. The normalized spacial score (nSPS) is 20.2. The standard InChI is InChI=1S/C16H27N3OSi/c1-16(2,3)21(4,5)20-13-8-6-7-12(9-13)14-10-19-15(17)11-18-14/h9-11,13H,6-8H2,1-5H3,(H2,17,19)/t13-/m1/s1. The van der Waals surface area contributed by atoms with Gasteiger partial charge in [0, 0.05) is 0 Å². The van der Waals surface area contributed by atoms with Crippen LogP contribution in [0, 0.1) is 0 Å². The molecule has 0 bridgehead atoms. The first-order valence-electron chi connectivity index (χ1n) is 7.65. The second-order valence-corrected chi connectivity index (χ2v) is 12.1. The lowest BCUT2D eigenvalue weighted by Crippen LogP contribution is -2.43. The van der Waals surface area contributed by atoms with Crippen LogP contribution < -0.4 is 5.73 Å². The Morgan fingerprint density at radius 2 is 1.95 bits per heavy atom. The van der Waals surface area contributed by atoms with Crippen LogP contribution in [0.2, 0.25) is 18.1 Å². The van der Waals surface area contributed by atoms with Crippen molar-refractivity contribution < 1.29 is 4.43 Å². The van der Waals surface area contributed by atoms with E-state index in [-0.39, 0.29) is 11.1 Å². The highest BCUT2D eigenvalue weighted by molar-refractivity contribution is 6.74. The number of aromatic nitrogens is 2. The maximum atomic E-state index is 6.51. The number of nitrogens with two attached hydrogens (primary N) is 1. The largest absolute Gasteiger partial charge is 0.411 e. The summed E-state index contributed by atoms with van der Waals surface area (Å²) in [4.78, 5) is 8.52. The van der Waals surface area contributed by atoms with Gasteiger partial charge in [-0.3, -0.25) is 4.98 Å². The van der Waals surface area contributed by atoms with E-state index in [2.05, 4.69) is 49.9 Å². The molecule has 1 atom stereocenters. The average molecular weight is 305 g/mol. The molecule has 0 unspecified atom stereocenters. The fourth-order valence-electron chi connectivity index (χ4n) is 2.25. The summed E-state index contributed by atoms with van der Waals surface area (Å²) in [6.07, 6.45) is 9.09. The molecule has 0 saturated carbocycles. The summed E-state index contributed by atoms with van der Waals surface area (Å²) < 4.78 is 6.51. The molecule has 1 aliphatic rings. The van der Waals surface area contributed by atoms with Crippen LogP contribution in [0.25, 0.3) is 5.57 Å². The Hall–Kier alpha value is -1.20. The second kappa shape index (κ2) is 5.89. The van der Waals surface area contributed by atoms with Crippen molar-refractivity contribution in [2.45, 2.75) is 64.3 Å². The van der Waals surface area contributed by atoms with Gasteiger partial charge < -0.3 is 10.2 Å². The summed E-state index contributed by atoms with van der Waals surface area (Å²) in [6, 6.07) is 0. The van der Waals surface area contributed by atoms with Crippen molar-refractivity contribution >= 4 is 19.7 Å². The third-order valence-electron chi connectivity index (χ3n) is 4.57. The third kappa shape index (κ3) is 3.92. The van der Waals surface area contributed by atoms with Crippen LogP contribution in [-0.2, 0) is 4.43 Å². The van der Waals surface area contributed by atoms with E-state index in [1.54, 1.807) is 12.4 Å². The van der Waals surface area contributed by atoms with Crippen LogP contribution in [0.4, 0.5) is 5.82 Å². The lowest BCUT2D eigenvalue weighted by Gasteiger charge is -2.39.